The monoisotopic (exact) mass is 362 g/mol. The van der Waals surface area contributed by atoms with E-state index >= 15 is 0 Å². The van der Waals surface area contributed by atoms with Crippen molar-refractivity contribution in [1.29, 1.82) is 0 Å². The Morgan fingerprint density at radius 3 is 2.58 bits per heavy atom. The maximum absolute atomic E-state index is 12.8. The van der Waals surface area contributed by atoms with Gasteiger partial charge >= 0.3 is 11.9 Å². The number of hydrogen-bond acceptors (Lipinski definition) is 6. The Kier molecular flexibility index (Phi) is 5.86. The van der Waals surface area contributed by atoms with Crippen molar-refractivity contribution in [3.63, 3.8) is 0 Å². The molecule has 0 amide bonds. The number of rotatable bonds is 4. The van der Waals surface area contributed by atoms with Crippen LogP contribution in [0, 0.1) is 11.8 Å². The number of esters is 2. The summed E-state index contributed by atoms with van der Waals surface area (Å²) in [6.45, 7) is 10.4. The molecule has 6 heteroatoms. The lowest BCUT2D eigenvalue weighted by Crippen LogP contribution is -2.59. The van der Waals surface area contributed by atoms with Crippen molar-refractivity contribution in [3.05, 3.63) is 36.0 Å². The molecule has 1 heterocycles. The van der Waals surface area contributed by atoms with E-state index in [0.717, 1.165) is 0 Å². The molecule has 0 spiro atoms. The zero-order valence-electron chi connectivity index (χ0n) is 15.7. The summed E-state index contributed by atoms with van der Waals surface area (Å²) in [5.41, 5.74) is -1.36. The minimum atomic E-state index is -1.99. The predicted octanol–water partition coefficient (Wildman–Crippen LogP) is 2.27. The fraction of sp³-hybridized carbons (Fsp3) is 0.550. The minimum Gasteiger partial charge on any atom is -0.454 e. The van der Waals surface area contributed by atoms with Gasteiger partial charge in [0.15, 0.2) is 17.5 Å². The van der Waals surface area contributed by atoms with E-state index in [1.165, 1.54) is 12.2 Å². The summed E-state index contributed by atoms with van der Waals surface area (Å²) in [5.74, 6) is -2.71. The Labute approximate surface area is 153 Å². The van der Waals surface area contributed by atoms with E-state index in [0.29, 0.717) is 18.4 Å². The van der Waals surface area contributed by atoms with Crippen LogP contribution in [0.5, 0.6) is 0 Å². The highest BCUT2D eigenvalue weighted by Gasteiger charge is 2.60. The Hall–Kier alpha value is -2.21. The Morgan fingerprint density at radius 2 is 2.00 bits per heavy atom. The molecule has 142 valence electrons. The topological polar surface area (TPSA) is 89.9 Å². The number of hydrogen-bond donors (Lipinski definition) is 1. The van der Waals surface area contributed by atoms with Crippen LogP contribution in [0.2, 0.25) is 0 Å². The van der Waals surface area contributed by atoms with E-state index in [9.17, 15) is 19.5 Å². The van der Waals surface area contributed by atoms with Crippen molar-refractivity contribution in [3.8, 4) is 0 Å². The van der Waals surface area contributed by atoms with Crippen LogP contribution < -0.4 is 0 Å². The van der Waals surface area contributed by atoms with E-state index in [4.69, 9.17) is 9.47 Å². The summed E-state index contributed by atoms with van der Waals surface area (Å²) in [6, 6.07) is 0. The van der Waals surface area contributed by atoms with E-state index in [1.54, 1.807) is 33.8 Å². The first-order chi connectivity index (χ1) is 12.2. The molecule has 1 saturated carbocycles. The molecule has 6 nitrogen and oxygen atoms in total. The van der Waals surface area contributed by atoms with Gasteiger partial charge in [0, 0.05) is 17.1 Å². The average Bonchev–Trinajstić information content (AvgIpc) is 2.84. The molecule has 0 unspecified atom stereocenters. The molecular formula is C20H26O6. The highest BCUT2D eigenvalue weighted by molar-refractivity contribution is 5.99. The molecule has 26 heavy (non-hydrogen) atoms. The van der Waals surface area contributed by atoms with Gasteiger partial charge in [0.2, 0.25) is 0 Å². The van der Waals surface area contributed by atoms with E-state index in [2.05, 4.69) is 6.58 Å². The lowest BCUT2D eigenvalue weighted by atomic mass is 9.78. The van der Waals surface area contributed by atoms with Gasteiger partial charge in [-0.15, -0.1) is 0 Å². The van der Waals surface area contributed by atoms with Gasteiger partial charge in [-0.2, -0.15) is 0 Å². The van der Waals surface area contributed by atoms with Gasteiger partial charge in [-0.05, 0) is 45.6 Å². The largest absolute Gasteiger partial charge is 0.454 e. The SMILES string of the molecule is C=C1C(=O)O[C@@H]2[C@@H]1CC[C@H](C)[C@@](O)(C(=O)/C=C\C)[C@H]2OC(=O)C(C)=CC. The predicted molar refractivity (Wildman–Crippen MR) is 95.0 cm³/mol. The molecule has 0 bridgehead atoms. The minimum absolute atomic E-state index is 0.286. The molecule has 2 fully saturated rings. The fourth-order valence-electron chi connectivity index (χ4n) is 3.57. The Balaban J connectivity index is 2.55. The van der Waals surface area contributed by atoms with Crippen molar-refractivity contribution in [2.45, 2.75) is 58.3 Å². The molecule has 1 aliphatic carbocycles. The van der Waals surface area contributed by atoms with Crippen LogP contribution in [0.15, 0.2) is 36.0 Å². The second-order valence-electron chi connectivity index (χ2n) is 6.97. The van der Waals surface area contributed by atoms with Gasteiger partial charge in [-0.1, -0.05) is 25.7 Å². The van der Waals surface area contributed by atoms with Crippen LogP contribution in [0.1, 0.15) is 40.5 Å². The Morgan fingerprint density at radius 1 is 1.35 bits per heavy atom. The van der Waals surface area contributed by atoms with Crippen LogP contribution in [0.3, 0.4) is 0 Å². The normalized spacial score (nSPS) is 35.0. The molecule has 0 aromatic rings. The highest BCUT2D eigenvalue weighted by Crippen LogP contribution is 2.44. The second-order valence-corrected chi connectivity index (χ2v) is 6.97. The quantitative estimate of drug-likeness (QED) is 0.609. The van der Waals surface area contributed by atoms with Gasteiger partial charge in [0.25, 0.3) is 0 Å². The summed E-state index contributed by atoms with van der Waals surface area (Å²) in [5, 5.41) is 11.4. The number of aliphatic hydroxyl groups is 1. The van der Waals surface area contributed by atoms with Crippen molar-refractivity contribution in [2.75, 3.05) is 0 Å². The molecule has 0 aromatic heterocycles. The van der Waals surface area contributed by atoms with Crippen molar-refractivity contribution >= 4 is 17.7 Å². The second kappa shape index (κ2) is 7.58. The molecule has 2 aliphatic rings. The van der Waals surface area contributed by atoms with Crippen molar-refractivity contribution in [1.82, 2.24) is 0 Å². The zero-order chi connectivity index (χ0) is 19.6. The zero-order valence-corrected chi connectivity index (χ0v) is 15.7. The molecule has 1 aliphatic heterocycles. The standard InChI is InChI=1S/C20H26O6/c1-6-8-15(21)20(24)12(4)9-10-14-13(5)19(23)25-16(14)17(20)26-18(22)11(3)7-2/h6-8,12,14,16-17,24H,5,9-10H2,1-4H3/b8-6-,11-7?/t12-,14+,16+,17-,20+/m0/s1. The first-order valence-electron chi connectivity index (χ1n) is 8.81. The van der Waals surface area contributed by atoms with Gasteiger partial charge in [0.05, 0.1) is 0 Å². The van der Waals surface area contributed by atoms with Crippen LogP contribution in [0.25, 0.3) is 0 Å². The number of carbonyl (C=O) groups is 3. The lowest BCUT2D eigenvalue weighted by molar-refractivity contribution is -0.192. The molecule has 5 atom stereocenters. The van der Waals surface area contributed by atoms with Gasteiger partial charge in [0.1, 0.15) is 6.10 Å². The maximum atomic E-state index is 12.8. The molecule has 1 saturated heterocycles. The third-order valence-corrected chi connectivity index (χ3v) is 5.45. The van der Waals surface area contributed by atoms with E-state index in [1.807, 2.05) is 0 Å². The third kappa shape index (κ3) is 3.26. The third-order valence-electron chi connectivity index (χ3n) is 5.45. The summed E-state index contributed by atoms with van der Waals surface area (Å²) in [7, 11) is 0. The van der Waals surface area contributed by atoms with Crippen molar-refractivity contribution in [2.24, 2.45) is 11.8 Å². The Bertz CT molecular complexity index is 688. The van der Waals surface area contributed by atoms with Crippen LogP contribution in [-0.4, -0.2) is 40.6 Å². The van der Waals surface area contributed by atoms with Crippen LogP contribution in [-0.2, 0) is 23.9 Å². The summed E-state index contributed by atoms with van der Waals surface area (Å²) < 4.78 is 10.9. The number of ketones is 1. The highest BCUT2D eigenvalue weighted by atomic mass is 16.6. The molecule has 2 rings (SSSR count). The summed E-state index contributed by atoms with van der Waals surface area (Å²) in [4.78, 5) is 37.2. The van der Waals surface area contributed by atoms with Gasteiger partial charge in [-0.3, -0.25) is 4.79 Å². The maximum Gasteiger partial charge on any atom is 0.334 e. The molecule has 0 radical (unpaired) electrons. The van der Waals surface area contributed by atoms with Gasteiger partial charge in [-0.25, -0.2) is 9.59 Å². The molecular weight excluding hydrogens is 336 g/mol. The van der Waals surface area contributed by atoms with E-state index in [-0.39, 0.29) is 5.57 Å². The first-order valence-corrected chi connectivity index (χ1v) is 8.81. The average molecular weight is 362 g/mol. The fourth-order valence-corrected chi connectivity index (χ4v) is 3.57. The summed E-state index contributed by atoms with van der Waals surface area (Å²) >= 11 is 0. The first kappa shape index (κ1) is 20.1. The number of ether oxygens (including phenoxy) is 2. The summed E-state index contributed by atoms with van der Waals surface area (Å²) in [6.07, 6.45) is 3.08. The number of allylic oxidation sites excluding steroid dienone is 2. The lowest BCUT2D eigenvalue weighted by Gasteiger charge is -2.38. The van der Waals surface area contributed by atoms with Crippen molar-refractivity contribution < 1.29 is 29.0 Å². The smallest absolute Gasteiger partial charge is 0.334 e. The van der Waals surface area contributed by atoms with E-state index < -0.39 is 47.4 Å². The number of fused-ring (bicyclic) bond motifs is 1. The number of carbonyl (C=O) groups excluding carboxylic acids is 3. The van der Waals surface area contributed by atoms with Gasteiger partial charge < -0.3 is 14.6 Å². The molecule has 1 N–H and O–H groups in total. The van der Waals surface area contributed by atoms with Crippen LogP contribution >= 0.6 is 0 Å². The van der Waals surface area contributed by atoms with Crippen LogP contribution in [0.4, 0.5) is 0 Å². The molecule has 0 aromatic carbocycles.